The molecule has 0 aliphatic rings. The van der Waals surface area contributed by atoms with E-state index >= 15 is 0 Å². The lowest BCUT2D eigenvalue weighted by atomic mass is 9.99. The van der Waals surface area contributed by atoms with Gasteiger partial charge in [0.05, 0.1) is 6.61 Å². The molecule has 0 spiro atoms. The fraction of sp³-hybridized carbons (Fsp3) is 0.312. The van der Waals surface area contributed by atoms with Gasteiger partial charge in [0, 0.05) is 28.5 Å². The molecule has 1 aromatic carbocycles. The standard InChI is InChI=1S/C16H19BrN2O/c1-3-20-16-7-5-4-6-14(16)15(18-2)9-12-8-13(17)11-19-10-12/h4-8,10-11,15,18H,3,9H2,1-2H3. The topological polar surface area (TPSA) is 34.1 Å². The lowest BCUT2D eigenvalue weighted by Crippen LogP contribution is -2.20. The smallest absolute Gasteiger partial charge is 0.124 e. The summed E-state index contributed by atoms with van der Waals surface area (Å²) in [7, 11) is 1.97. The van der Waals surface area contributed by atoms with E-state index in [9.17, 15) is 0 Å². The molecule has 1 heterocycles. The maximum atomic E-state index is 5.72. The van der Waals surface area contributed by atoms with Crippen LogP contribution in [0.4, 0.5) is 0 Å². The highest BCUT2D eigenvalue weighted by molar-refractivity contribution is 9.10. The summed E-state index contributed by atoms with van der Waals surface area (Å²) >= 11 is 3.46. The molecule has 4 heteroatoms. The summed E-state index contributed by atoms with van der Waals surface area (Å²) in [5.41, 5.74) is 2.36. The van der Waals surface area contributed by atoms with Gasteiger partial charge in [-0.25, -0.2) is 0 Å². The van der Waals surface area contributed by atoms with Crippen LogP contribution in [0.25, 0.3) is 0 Å². The maximum Gasteiger partial charge on any atom is 0.124 e. The Labute approximate surface area is 128 Å². The van der Waals surface area contributed by atoms with Crippen LogP contribution >= 0.6 is 15.9 Å². The summed E-state index contributed by atoms with van der Waals surface area (Å²) < 4.78 is 6.72. The Bertz CT molecular complexity index is 560. The Kier molecular flexibility index (Phi) is 5.56. The van der Waals surface area contributed by atoms with E-state index in [1.165, 1.54) is 11.1 Å². The van der Waals surface area contributed by atoms with E-state index < -0.39 is 0 Å². The van der Waals surface area contributed by atoms with Crippen molar-refractivity contribution >= 4 is 15.9 Å². The van der Waals surface area contributed by atoms with Crippen LogP contribution in [-0.4, -0.2) is 18.6 Å². The molecule has 2 aromatic rings. The number of ether oxygens (including phenoxy) is 1. The number of nitrogens with one attached hydrogen (secondary N) is 1. The van der Waals surface area contributed by atoms with Gasteiger partial charge in [-0.3, -0.25) is 4.98 Å². The van der Waals surface area contributed by atoms with E-state index in [0.29, 0.717) is 6.61 Å². The second kappa shape index (κ2) is 7.41. The average Bonchev–Trinajstić information content (AvgIpc) is 2.46. The van der Waals surface area contributed by atoms with E-state index in [0.717, 1.165) is 16.6 Å². The fourth-order valence-electron chi connectivity index (χ4n) is 2.23. The zero-order chi connectivity index (χ0) is 14.4. The highest BCUT2D eigenvalue weighted by Gasteiger charge is 2.15. The molecule has 0 aliphatic heterocycles. The van der Waals surface area contributed by atoms with Crippen molar-refractivity contribution < 1.29 is 4.74 Å². The third-order valence-electron chi connectivity index (χ3n) is 3.14. The highest BCUT2D eigenvalue weighted by Crippen LogP contribution is 2.27. The number of aromatic nitrogens is 1. The Balaban J connectivity index is 2.24. The maximum absolute atomic E-state index is 5.72. The molecule has 106 valence electrons. The molecule has 2 rings (SSSR count). The van der Waals surface area contributed by atoms with E-state index in [-0.39, 0.29) is 6.04 Å². The van der Waals surface area contributed by atoms with Crippen LogP contribution in [0.15, 0.2) is 47.2 Å². The minimum absolute atomic E-state index is 0.203. The summed E-state index contributed by atoms with van der Waals surface area (Å²) in [6.07, 6.45) is 4.57. The summed E-state index contributed by atoms with van der Waals surface area (Å²) in [6.45, 7) is 2.68. The van der Waals surface area contributed by atoms with Crippen molar-refractivity contribution in [2.45, 2.75) is 19.4 Å². The zero-order valence-corrected chi connectivity index (χ0v) is 13.4. The summed E-state index contributed by atoms with van der Waals surface area (Å²) in [6, 6.07) is 10.5. The molecule has 20 heavy (non-hydrogen) atoms. The van der Waals surface area contributed by atoms with Gasteiger partial charge in [-0.15, -0.1) is 0 Å². The summed E-state index contributed by atoms with van der Waals surface area (Å²) in [5.74, 6) is 0.942. The molecule has 1 unspecified atom stereocenters. The zero-order valence-electron chi connectivity index (χ0n) is 11.8. The molecule has 0 amide bonds. The van der Waals surface area contributed by atoms with Gasteiger partial charge in [-0.05, 0) is 54.0 Å². The quantitative estimate of drug-likeness (QED) is 0.873. The van der Waals surface area contributed by atoms with Gasteiger partial charge in [-0.1, -0.05) is 18.2 Å². The van der Waals surface area contributed by atoms with Crippen molar-refractivity contribution in [3.8, 4) is 5.75 Å². The number of para-hydroxylation sites is 1. The number of benzene rings is 1. The number of rotatable bonds is 6. The first kappa shape index (κ1) is 15.0. The first-order valence-corrected chi connectivity index (χ1v) is 7.52. The molecule has 1 aromatic heterocycles. The lowest BCUT2D eigenvalue weighted by molar-refractivity contribution is 0.332. The molecule has 0 saturated heterocycles. The number of hydrogen-bond donors (Lipinski definition) is 1. The minimum Gasteiger partial charge on any atom is -0.494 e. The lowest BCUT2D eigenvalue weighted by Gasteiger charge is -2.20. The normalized spacial score (nSPS) is 12.2. The van der Waals surface area contributed by atoms with Gasteiger partial charge < -0.3 is 10.1 Å². The number of pyridine rings is 1. The number of likely N-dealkylation sites (N-methyl/N-ethyl adjacent to an activating group) is 1. The fourth-order valence-corrected chi connectivity index (χ4v) is 2.64. The largest absolute Gasteiger partial charge is 0.494 e. The predicted octanol–water partition coefficient (Wildman–Crippen LogP) is 3.75. The molecule has 3 nitrogen and oxygen atoms in total. The van der Waals surface area contributed by atoms with Gasteiger partial charge in [-0.2, -0.15) is 0 Å². The number of nitrogens with zero attached hydrogens (tertiary/aromatic N) is 1. The molecular weight excluding hydrogens is 316 g/mol. The Morgan fingerprint density at radius 1 is 1.30 bits per heavy atom. The minimum atomic E-state index is 0.203. The Morgan fingerprint density at radius 3 is 2.80 bits per heavy atom. The van der Waals surface area contributed by atoms with E-state index in [1.54, 1.807) is 6.20 Å². The first-order chi connectivity index (χ1) is 9.74. The second-order valence-electron chi connectivity index (χ2n) is 4.53. The van der Waals surface area contributed by atoms with E-state index in [1.807, 2.05) is 38.4 Å². The van der Waals surface area contributed by atoms with Gasteiger partial charge >= 0.3 is 0 Å². The van der Waals surface area contributed by atoms with Crippen molar-refractivity contribution in [3.05, 3.63) is 58.3 Å². The molecule has 0 saturated carbocycles. The summed E-state index contributed by atoms with van der Waals surface area (Å²) in [4.78, 5) is 4.22. The molecule has 0 fully saturated rings. The first-order valence-electron chi connectivity index (χ1n) is 6.73. The van der Waals surface area contributed by atoms with Crippen molar-refractivity contribution in [1.82, 2.24) is 10.3 Å². The Hall–Kier alpha value is -1.39. The van der Waals surface area contributed by atoms with Crippen LogP contribution < -0.4 is 10.1 Å². The summed E-state index contributed by atoms with van der Waals surface area (Å²) in [5, 5.41) is 3.36. The second-order valence-corrected chi connectivity index (χ2v) is 5.44. The van der Waals surface area contributed by atoms with Crippen LogP contribution in [0.1, 0.15) is 24.1 Å². The van der Waals surface area contributed by atoms with Gasteiger partial charge in [0.2, 0.25) is 0 Å². The Morgan fingerprint density at radius 2 is 2.10 bits per heavy atom. The SMILES string of the molecule is CCOc1ccccc1C(Cc1cncc(Br)c1)NC. The van der Waals surface area contributed by atoms with Crippen molar-refractivity contribution in [2.75, 3.05) is 13.7 Å². The molecule has 0 bridgehead atoms. The number of halogens is 1. The van der Waals surface area contributed by atoms with E-state index in [4.69, 9.17) is 4.74 Å². The van der Waals surface area contributed by atoms with Crippen LogP contribution in [-0.2, 0) is 6.42 Å². The van der Waals surface area contributed by atoms with Crippen LogP contribution in [0.3, 0.4) is 0 Å². The molecular formula is C16H19BrN2O. The predicted molar refractivity (Wildman–Crippen MR) is 85.1 cm³/mol. The van der Waals surface area contributed by atoms with Crippen LogP contribution in [0.5, 0.6) is 5.75 Å². The molecule has 1 atom stereocenters. The van der Waals surface area contributed by atoms with Crippen LogP contribution in [0.2, 0.25) is 0 Å². The van der Waals surface area contributed by atoms with Gasteiger partial charge in [0.15, 0.2) is 0 Å². The van der Waals surface area contributed by atoms with Crippen molar-refractivity contribution in [1.29, 1.82) is 0 Å². The third kappa shape index (κ3) is 3.81. The molecule has 0 aliphatic carbocycles. The van der Waals surface area contributed by atoms with Crippen molar-refractivity contribution in [3.63, 3.8) is 0 Å². The highest BCUT2D eigenvalue weighted by atomic mass is 79.9. The average molecular weight is 335 g/mol. The van der Waals surface area contributed by atoms with Crippen molar-refractivity contribution in [2.24, 2.45) is 0 Å². The molecule has 1 N–H and O–H groups in total. The monoisotopic (exact) mass is 334 g/mol. The van der Waals surface area contributed by atoms with Gasteiger partial charge in [0.1, 0.15) is 5.75 Å². The van der Waals surface area contributed by atoms with Crippen LogP contribution in [0, 0.1) is 0 Å². The third-order valence-corrected chi connectivity index (χ3v) is 3.58. The molecule has 0 radical (unpaired) electrons. The van der Waals surface area contributed by atoms with Gasteiger partial charge in [0.25, 0.3) is 0 Å². The number of hydrogen-bond acceptors (Lipinski definition) is 3. The van der Waals surface area contributed by atoms with E-state index in [2.05, 4.69) is 38.4 Å².